The van der Waals surface area contributed by atoms with Crippen molar-refractivity contribution in [3.8, 4) is 0 Å². The lowest BCUT2D eigenvalue weighted by atomic mass is 10.1. The molecule has 144 valence electrons. The second kappa shape index (κ2) is 8.54. The number of Topliss-reactive ketones (excluding diaryl/α,β-unsaturated/α-hetero) is 1. The molecule has 1 aromatic rings. The highest BCUT2D eigenvalue weighted by Gasteiger charge is 2.43. The Labute approximate surface area is 150 Å². The number of nitrogen functional groups attached to an aromatic ring is 1. The molecule has 1 aromatic heterocycles. The van der Waals surface area contributed by atoms with E-state index in [1.165, 1.54) is 6.20 Å². The Hall–Kier alpha value is -2.07. The number of aliphatic hydroxyl groups is 3. The molecule has 1 fully saturated rings. The van der Waals surface area contributed by atoms with E-state index < -0.39 is 36.8 Å². The zero-order chi connectivity index (χ0) is 19.4. The molecular weight excluding hydrogens is 342 g/mol. The van der Waals surface area contributed by atoms with Gasteiger partial charge in [0.1, 0.15) is 29.9 Å². The quantitative estimate of drug-likeness (QED) is 0.509. The van der Waals surface area contributed by atoms with Gasteiger partial charge in [0.05, 0.1) is 6.61 Å². The molecule has 1 aliphatic rings. The number of ether oxygens (including phenoxy) is 1. The molecule has 9 nitrogen and oxygen atoms in total. The van der Waals surface area contributed by atoms with Crippen molar-refractivity contribution in [2.24, 2.45) is 0 Å². The molecule has 2 heterocycles. The van der Waals surface area contributed by atoms with Gasteiger partial charge < -0.3 is 25.8 Å². The van der Waals surface area contributed by atoms with Crippen LogP contribution in [0, 0.1) is 0 Å². The van der Waals surface area contributed by atoms with Crippen molar-refractivity contribution in [3.63, 3.8) is 0 Å². The van der Waals surface area contributed by atoms with Crippen LogP contribution in [0.2, 0.25) is 0 Å². The Kier molecular flexibility index (Phi) is 6.65. The Morgan fingerprint density at radius 3 is 2.69 bits per heavy atom. The van der Waals surface area contributed by atoms with Crippen molar-refractivity contribution in [1.82, 2.24) is 9.55 Å². The van der Waals surface area contributed by atoms with Gasteiger partial charge in [0.15, 0.2) is 6.23 Å². The molecule has 0 unspecified atom stereocenters. The molecule has 0 amide bonds. The monoisotopic (exact) mass is 367 g/mol. The number of aromatic nitrogens is 2. The number of hydrogen-bond acceptors (Lipinski definition) is 8. The van der Waals surface area contributed by atoms with E-state index in [1.807, 2.05) is 6.92 Å². The zero-order valence-corrected chi connectivity index (χ0v) is 14.8. The lowest BCUT2D eigenvalue weighted by Gasteiger charge is -2.18. The van der Waals surface area contributed by atoms with Crippen molar-refractivity contribution in [2.75, 3.05) is 12.3 Å². The molecular formula is C17H25N3O6. The Bertz CT molecular complexity index is 745. The van der Waals surface area contributed by atoms with Gasteiger partial charge in [0.2, 0.25) is 0 Å². The molecule has 1 saturated heterocycles. The zero-order valence-electron chi connectivity index (χ0n) is 14.8. The summed E-state index contributed by atoms with van der Waals surface area (Å²) in [5, 5.41) is 29.1. The van der Waals surface area contributed by atoms with Crippen molar-refractivity contribution in [3.05, 3.63) is 27.8 Å². The molecule has 0 spiro atoms. The summed E-state index contributed by atoms with van der Waals surface area (Å²) in [6.07, 6.45) is -0.413. The predicted molar refractivity (Wildman–Crippen MR) is 94.1 cm³/mol. The highest BCUT2D eigenvalue weighted by atomic mass is 16.6. The van der Waals surface area contributed by atoms with E-state index in [1.54, 1.807) is 13.0 Å². The SMILES string of the molecule is CCCC(=O)C/C(C)=C/c1cn([C@@H]2O[C@H](CO)[C@@H](O)[C@@H]2O)c(=O)nc1N. The van der Waals surface area contributed by atoms with Gasteiger partial charge in [-0.1, -0.05) is 18.6 Å². The number of nitrogens with zero attached hydrogens (tertiary/aromatic N) is 2. The largest absolute Gasteiger partial charge is 0.394 e. The first-order chi connectivity index (χ1) is 12.3. The summed E-state index contributed by atoms with van der Waals surface area (Å²) >= 11 is 0. The van der Waals surface area contributed by atoms with E-state index >= 15 is 0 Å². The average molecular weight is 367 g/mol. The Balaban J connectivity index is 2.32. The van der Waals surface area contributed by atoms with Gasteiger partial charge in [-0.25, -0.2) is 4.79 Å². The molecule has 5 N–H and O–H groups in total. The fourth-order valence-corrected chi connectivity index (χ4v) is 2.89. The van der Waals surface area contributed by atoms with E-state index in [-0.39, 0.29) is 18.0 Å². The number of carbonyl (C=O) groups excluding carboxylic acids is 1. The number of hydrogen-bond donors (Lipinski definition) is 4. The minimum Gasteiger partial charge on any atom is -0.394 e. The van der Waals surface area contributed by atoms with Gasteiger partial charge in [-0.3, -0.25) is 9.36 Å². The van der Waals surface area contributed by atoms with Crippen LogP contribution in [0.1, 0.15) is 44.9 Å². The smallest absolute Gasteiger partial charge is 0.351 e. The number of nitrogens with two attached hydrogens (primary N) is 1. The molecule has 0 radical (unpaired) electrons. The maximum Gasteiger partial charge on any atom is 0.351 e. The number of allylic oxidation sites excluding steroid dienone is 1. The van der Waals surface area contributed by atoms with E-state index in [9.17, 15) is 24.9 Å². The van der Waals surface area contributed by atoms with Gasteiger partial charge in [-0.05, 0) is 13.3 Å². The second-order valence-electron chi connectivity index (χ2n) is 6.46. The molecule has 0 aromatic carbocycles. The highest BCUT2D eigenvalue weighted by molar-refractivity contribution is 5.82. The number of ketones is 1. The summed E-state index contributed by atoms with van der Waals surface area (Å²) in [4.78, 5) is 27.6. The van der Waals surface area contributed by atoms with Crippen LogP contribution in [0.4, 0.5) is 5.82 Å². The third-order valence-corrected chi connectivity index (χ3v) is 4.21. The third kappa shape index (κ3) is 4.36. The van der Waals surface area contributed by atoms with Gasteiger partial charge in [-0.2, -0.15) is 4.98 Å². The highest BCUT2D eigenvalue weighted by Crippen LogP contribution is 2.28. The molecule has 26 heavy (non-hydrogen) atoms. The van der Waals surface area contributed by atoms with Gasteiger partial charge >= 0.3 is 5.69 Å². The van der Waals surface area contributed by atoms with Crippen molar-refractivity contribution >= 4 is 17.7 Å². The summed E-state index contributed by atoms with van der Waals surface area (Å²) in [6, 6.07) is 0. The van der Waals surface area contributed by atoms with Crippen LogP contribution in [0.25, 0.3) is 6.08 Å². The van der Waals surface area contributed by atoms with E-state index in [0.29, 0.717) is 12.0 Å². The topological polar surface area (TPSA) is 148 Å². The first-order valence-corrected chi connectivity index (χ1v) is 8.48. The van der Waals surface area contributed by atoms with Crippen LogP contribution in [0.5, 0.6) is 0 Å². The van der Waals surface area contributed by atoms with Crippen LogP contribution in [-0.2, 0) is 9.53 Å². The van der Waals surface area contributed by atoms with Crippen molar-refractivity contribution < 1.29 is 24.9 Å². The van der Waals surface area contributed by atoms with Crippen LogP contribution in [0.15, 0.2) is 16.6 Å². The first kappa shape index (κ1) is 20.2. The van der Waals surface area contributed by atoms with Crippen LogP contribution < -0.4 is 11.4 Å². The fraction of sp³-hybridized carbons (Fsp3) is 0.588. The summed E-state index contributed by atoms with van der Waals surface area (Å²) in [5.74, 6) is 0.0878. The number of carbonyl (C=O) groups is 1. The van der Waals surface area contributed by atoms with Crippen LogP contribution >= 0.6 is 0 Å². The predicted octanol–water partition coefficient (Wildman–Crippen LogP) is -0.400. The second-order valence-corrected chi connectivity index (χ2v) is 6.46. The summed E-state index contributed by atoms with van der Waals surface area (Å²) < 4.78 is 6.38. The number of aliphatic hydroxyl groups excluding tert-OH is 3. The maximum atomic E-state index is 12.1. The van der Waals surface area contributed by atoms with Crippen LogP contribution in [-0.4, -0.2) is 55.6 Å². The summed E-state index contributed by atoms with van der Waals surface area (Å²) in [7, 11) is 0. The van der Waals surface area contributed by atoms with E-state index in [0.717, 1.165) is 16.6 Å². The third-order valence-electron chi connectivity index (χ3n) is 4.21. The first-order valence-electron chi connectivity index (χ1n) is 8.48. The van der Waals surface area contributed by atoms with Crippen molar-refractivity contribution in [1.29, 1.82) is 0 Å². The Morgan fingerprint density at radius 1 is 1.42 bits per heavy atom. The summed E-state index contributed by atoms with van der Waals surface area (Å²) in [6.45, 7) is 3.20. The van der Waals surface area contributed by atoms with Gasteiger partial charge in [0, 0.05) is 24.6 Å². The number of rotatable bonds is 7. The lowest BCUT2D eigenvalue weighted by molar-refractivity contribution is -0.118. The normalized spacial score (nSPS) is 26.3. The van der Waals surface area contributed by atoms with Gasteiger partial charge in [-0.15, -0.1) is 0 Å². The Morgan fingerprint density at radius 2 is 2.12 bits per heavy atom. The molecule has 0 bridgehead atoms. The van der Waals surface area contributed by atoms with Gasteiger partial charge in [0.25, 0.3) is 0 Å². The fourth-order valence-electron chi connectivity index (χ4n) is 2.89. The minimum absolute atomic E-state index is 0.0136. The summed E-state index contributed by atoms with van der Waals surface area (Å²) in [5.41, 5.74) is 6.19. The maximum absolute atomic E-state index is 12.1. The molecule has 1 aliphatic heterocycles. The molecule has 0 aliphatic carbocycles. The average Bonchev–Trinajstić information content (AvgIpc) is 2.85. The minimum atomic E-state index is -1.40. The lowest BCUT2D eigenvalue weighted by Crippen LogP contribution is -2.36. The van der Waals surface area contributed by atoms with Crippen LogP contribution in [0.3, 0.4) is 0 Å². The molecule has 0 saturated carbocycles. The number of anilines is 1. The van der Waals surface area contributed by atoms with E-state index in [2.05, 4.69) is 4.98 Å². The standard InChI is InChI=1S/C17H25N3O6/c1-3-4-11(22)6-9(2)5-10-7-20(17(25)19-15(10)18)16-14(24)13(23)12(8-21)26-16/h5,7,12-14,16,21,23-24H,3-4,6,8H2,1-2H3,(H2,18,19,25)/b9-5+/t12-,13-,14+,16-/m1/s1. The van der Waals surface area contributed by atoms with E-state index in [4.69, 9.17) is 10.5 Å². The molecule has 2 rings (SSSR count). The molecule has 4 atom stereocenters. The molecule has 9 heteroatoms. The van der Waals surface area contributed by atoms with Crippen molar-refractivity contribution in [2.45, 2.75) is 57.6 Å².